The number of hydrogen-bond acceptors (Lipinski definition) is 6. The Labute approximate surface area is 236 Å². The molecule has 1 fully saturated rings. The zero-order chi connectivity index (χ0) is 29.3. The second kappa shape index (κ2) is 11.5. The molecule has 9 nitrogen and oxygen atoms in total. The summed E-state index contributed by atoms with van der Waals surface area (Å²) in [6, 6.07) is 14.0. The smallest absolute Gasteiger partial charge is 0.262 e. The fraction of sp³-hybridized carbons (Fsp3) is 0.310. The molecule has 2 aliphatic heterocycles. The second-order valence-corrected chi connectivity index (χ2v) is 11.8. The van der Waals surface area contributed by atoms with E-state index in [9.17, 15) is 26.8 Å². The summed E-state index contributed by atoms with van der Waals surface area (Å²) in [7, 11) is -2.25. The molecule has 0 spiro atoms. The first-order chi connectivity index (χ1) is 19.5. The molecule has 0 aromatic heterocycles. The number of sulfonamides is 1. The van der Waals surface area contributed by atoms with Crippen molar-refractivity contribution in [1.82, 2.24) is 4.90 Å². The van der Waals surface area contributed by atoms with Crippen molar-refractivity contribution in [3.8, 4) is 5.75 Å². The Kier molecular flexibility index (Phi) is 7.96. The fourth-order valence-corrected chi connectivity index (χ4v) is 6.47. The molecule has 1 saturated heterocycles. The van der Waals surface area contributed by atoms with Gasteiger partial charge >= 0.3 is 0 Å². The molecule has 3 aromatic carbocycles. The van der Waals surface area contributed by atoms with Crippen molar-refractivity contribution in [3.05, 3.63) is 83.4 Å². The molecule has 3 atom stereocenters. The van der Waals surface area contributed by atoms with Gasteiger partial charge in [0.25, 0.3) is 15.9 Å². The molecule has 2 amide bonds. The van der Waals surface area contributed by atoms with Crippen molar-refractivity contribution in [1.29, 1.82) is 0 Å². The Morgan fingerprint density at radius 3 is 2.51 bits per heavy atom. The van der Waals surface area contributed by atoms with E-state index in [1.54, 1.807) is 32.2 Å². The van der Waals surface area contributed by atoms with Crippen LogP contribution in [0.5, 0.6) is 5.75 Å². The zero-order valence-corrected chi connectivity index (χ0v) is 23.2. The summed E-state index contributed by atoms with van der Waals surface area (Å²) in [5.41, 5.74) is 0.489. The van der Waals surface area contributed by atoms with Gasteiger partial charge in [-0.15, -0.1) is 0 Å². The van der Waals surface area contributed by atoms with E-state index in [2.05, 4.69) is 10.0 Å². The molecular weight excluding hydrogens is 556 g/mol. The molecule has 41 heavy (non-hydrogen) atoms. The van der Waals surface area contributed by atoms with Crippen molar-refractivity contribution < 1.29 is 36.3 Å². The van der Waals surface area contributed by atoms with Crippen LogP contribution in [0.1, 0.15) is 35.2 Å². The zero-order valence-electron chi connectivity index (χ0n) is 22.4. The maximum absolute atomic E-state index is 13.9. The SMILES string of the molecule is Cc1ccccc1S(=O)(=O)Nc1ccc2c(c1)C(=O)N(C)[C@H]1CC[C@H](CC(=O)Nc3c(F)cccc3F)O[C@@H]1CO2. The van der Waals surface area contributed by atoms with Gasteiger partial charge in [0.05, 0.1) is 29.0 Å². The number of ether oxygens (including phenoxy) is 2. The lowest BCUT2D eigenvalue weighted by atomic mass is 9.94. The van der Waals surface area contributed by atoms with Crippen LogP contribution in [0.25, 0.3) is 0 Å². The first-order valence-corrected chi connectivity index (χ1v) is 14.5. The minimum atomic E-state index is -3.89. The summed E-state index contributed by atoms with van der Waals surface area (Å²) in [5, 5.41) is 2.27. The number of likely N-dealkylation sites (N-methyl/N-ethyl adjacent to an activating group) is 1. The standard InChI is InChI=1S/C29H29F2N3O6S/c1-17-6-3-4-9-26(17)41(37,38)33-18-10-13-24-20(14-18)29(36)34(2)23-12-11-19(40-25(23)16-39-24)15-27(35)32-28-21(30)7-5-8-22(28)31/h3-10,13-14,19,23,25,33H,11-12,15-16H2,1-2H3,(H,32,35)/t19-,23+,25-/m1/s1. The third-order valence-corrected chi connectivity index (χ3v) is 8.83. The summed E-state index contributed by atoms with van der Waals surface area (Å²) in [6.45, 7) is 1.77. The highest BCUT2D eigenvalue weighted by Crippen LogP contribution is 2.33. The van der Waals surface area contributed by atoms with E-state index >= 15 is 0 Å². The van der Waals surface area contributed by atoms with E-state index in [1.165, 1.54) is 35.2 Å². The Hall–Kier alpha value is -4.03. The van der Waals surface area contributed by atoms with Crippen LogP contribution in [0, 0.1) is 18.6 Å². The van der Waals surface area contributed by atoms with Crippen molar-refractivity contribution in [2.45, 2.75) is 49.3 Å². The van der Waals surface area contributed by atoms with Gasteiger partial charge in [0, 0.05) is 12.7 Å². The van der Waals surface area contributed by atoms with Crippen LogP contribution < -0.4 is 14.8 Å². The molecular formula is C29H29F2N3O6S. The summed E-state index contributed by atoms with van der Waals surface area (Å²) in [4.78, 5) is 27.7. The van der Waals surface area contributed by atoms with Crippen molar-refractivity contribution >= 4 is 33.2 Å². The van der Waals surface area contributed by atoms with Crippen LogP contribution >= 0.6 is 0 Å². The number of carbonyl (C=O) groups excluding carboxylic acids is 2. The number of carbonyl (C=O) groups is 2. The molecule has 0 bridgehead atoms. The van der Waals surface area contributed by atoms with Crippen LogP contribution in [0.15, 0.2) is 65.6 Å². The number of anilines is 2. The molecule has 5 rings (SSSR count). The fourth-order valence-electron chi connectivity index (χ4n) is 5.17. The topological polar surface area (TPSA) is 114 Å². The molecule has 2 N–H and O–H groups in total. The van der Waals surface area contributed by atoms with E-state index in [-0.39, 0.29) is 46.9 Å². The van der Waals surface area contributed by atoms with Gasteiger partial charge in [0.2, 0.25) is 5.91 Å². The van der Waals surface area contributed by atoms with Gasteiger partial charge in [0.1, 0.15) is 35.8 Å². The summed E-state index contributed by atoms with van der Waals surface area (Å²) in [6.07, 6.45) is -0.314. The Morgan fingerprint density at radius 1 is 1.05 bits per heavy atom. The van der Waals surface area contributed by atoms with E-state index in [1.807, 2.05) is 0 Å². The van der Waals surface area contributed by atoms with Crippen LogP contribution in [-0.4, -0.2) is 57.0 Å². The average Bonchev–Trinajstić information content (AvgIpc) is 2.93. The lowest BCUT2D eigenvalue weighted by molar-refractivity contribution is -0.130. The van der Waals surface area contributed by atoms with Gasteiger partial charge in [-0.2, -0.15) is 0 Å². The van der Waals surface area contributed by atoms with E-state index in [0.29, 0.717) is 18.4 Å². The number of aryl methyl sites for hydroxylation is 1. The molecule has 3 aromatic rings. The van der Waals surface area contributed by atoms with E-state index in [4.69, 9.17) is 9.47 Å². The highest BCUT2D eigenvalue weighted by atomic mass is 32.2. The number of amides is 2. The van der Waals surface area contributed by atoms with Crippen molar-refractivity contribution in [2.75, 3.05) is 23.7 Å². The van der Waals surface area contributed by atoms with Crippen molar-refractivity contribution in [3.63, 3.8) is 0 Å². The number of rotatable bonds is 6. The van der Waals surface area contributed by atoms with Gasteiger partial charge in [-0.1, -0.05) is 24.3 Å². The number of halogens is 2. The predicted molar refractivity (Wildman–Crippen MR) is 147 cm³/mol. The van der Waals surface area contributed by atoms with Gasteiger partial charge in [-0.05, 0) is 61.7 Å². The van der Waals surface area contributed by atoms with E-state index < -0.39 is 45.5 Å². The average molecular weight is 586 g/mol. The molecule has 216 valence electrons. The molecule has 12 heteroatoms. The maximum atomic E-state index is 13.9. The van der Waals surface area contributed by atoms with Crippen molar-refractivity contribution in [2.24, 2.45) is 0 Å². The third-order valence-electron chi connectivity index (χ3n) is 7.29. The minimum Gasteiger partial charge on any atom is -0.490 e. The molecule has 0 saturated carbocycles. The van der Waals surface area contributed by atoms with Crippen LogP contribution in [-0.2, 0) is 19.6 Å². The summed E-state index contributed by atoms with van der Waals surface area (Å²) >= 11 is 0. The largest absolute Gasteiger partial charge is 0.490 e. The lowest BCUT2D eigenvalue weighted by Gasteiger charge is -2.42. The molecule has 0 radical (unpaired) electrons. The van der Waals surface area contributed by atoms with Gasteiger partial charge in [-0.25, -0.2) is 17.2 Å². The lowest BCUT2D eigenvalue weighted by Crippen LogP contribution is -2.53. The maximum Gasteiger partial charge on any atom is 0.262 e. The Balaban J connectivity index is 1.28. The first-order valence-electron chi connectivity index (χ1n) is 13.1. The molecule has 2 aliphatic rings. The number of benzene rings is 3. The first kappa shape index (κ1) is 28.5. The number of nitrogens with zero attached hydrogens (tertiary/aromatic N) is 1. The van der Waals surface area contributed by atoms with Crippen LogP contribution in [0.4, 0.5) is 20.2 Å². The minimum absolute atomic E-state index is 0.0730. The number of para-hydroxylation sites is 1. The van der Waals surface area contributed by atoms with E-state index in [0.717, 1.165) is 12.1 Å². The summed E-state index contributed by atoms with van der Waals surface area (Å²) < 4.78 is 68.4. The highest BCUT2D eigenvalue weighted by molar-refractivity contribution is 7.92. The predicted octanol–water partition coefficient (Wildman–Crippen LogP) is 4.48. The monoisotopic (exact) mass is 585 g/mol. The third kappa shape index (κ3) is 6.03. The second-order valence-electron chi connectivity index (χ2n) is 10.1. The van der Waals surface area contributed by atoms with Gasteiger partial charge in [0.15, 0.2) is 0 Å². The normalized spacial score (nSPS) is 20.6. The van der Waals surface area contributed by atoms with Crippen LogP contribution in [0.3, 0.4) is 0 Å². The number of nitrogens with one attached hydrogen (secondary N) is 2. The van der Waals surface area contributed by atoms with Gasteiger partial charge < -0.3 is 19.7 Å². The Bertz CT molecular complexity index is 1580. The molecule has 2 heterocycles. The van der Waals surface area contributed by atoms with Crippen LogP contribution in [0.2, 0.25) is 0 Å². The number of fused-ring (bicyclic) bond motifs is 2. The quantitative estimate of drug-likeness (QED) is 0.441. The molecule has 0 aliphatic carbocycles. The molecule has 0 unspecified atom stereocenters. The highest BCUT2D eigenvalue weighted by Gasteiger charge is 2.39. The Morgan fingerprint density at radius 2 is 1.78 bits per heavy atom. The number of hydrogen-bond donors (Lipinski definition) is 2. The van der Waals surface area contributed by atoms with Gasteiger partial charge in [-0.3, -0.25) is 14.3 Å². The summed E-state index contributed by atoms with van der Waals surface area (Å²) in [5.74, 6) is -2.46.